The van der Waals surface area contributed by atoms with Gasteiger partial charge in [0, 0.05) is 48.2 Å². The van der Waals surface area contributed by atoms with E-state index >= 15 is 0 Å². The van der Waals surface area contributed by atoms with Gasteiger partial charge in [-0.3, -0.25) is 4.98 Å². The van der Waals surface area contributed by atoms with Gasteiger partial charge in [0.1, 0.15) is 11.9 Å². The SMILES string of the molecule is CC(C)c1ccc([C@](O)(c2cncc(C#C[C@](C)(O)c3ccncn3)c2)C2(C)CN(C)C2)cc1. The number of aromatic nitrogens is 3. The van der Waals surface area contributed by atoms with Gasteiger partial charge in [-0.05, 0) is 43.1 Å². The van der Waals surface area contributed by atoms with Gasteiger partial charge in [-0.15, -0.1) is 0 Å². The maximum Gasteiger partial charge on any atom is 0.165 e. The second-order valence-corrected chi connectivity index (χ2v) is 10.1. The largest absolute Gasteiger partial charge is 0.380 e. The van der Waals surface area contributed by atoms with E-state index in [9.17, 15) is 10.2 Å². The lowest BCUT2D eigenvalue weighted by Gasteiger charge is -2.55. The van der Waals surface area contributed by atoms with E-state index in [0.29, 0.717) is 22.7 Å². The van der Waals surface area contributed by atoms with E-state index < -0.39 is 11.2 Å². The van der Waals surface area contributed by atoms with Crippen molar-refractivity contribution >= 4 is 0 Å². The minimum atomic E-state index is -1.44. The summed E-state index contributed by atoms with van der Waals surface area (Å²) in [6.45, 7) is 9.54. The number of nitrogens with zero attached hydrogens (tertiary/aromatic N) is 4. The molecule has 0 saturated carbocycles. The number of likely N-dealkylation sites (tertiary alicyclic amines) is 1. The first-order valence-electron chi connectivity index (χ1n) is 11.5. The van der Waals surface area contributed by atoms with E-state index in [1.807, 2.05) is 18.2 Å². The molecule has 0 unspecified atom stereocenters. The molecule has 1 saturated heterocycles. The molecular formula is C28H32N4O2. The quantitative estimate of drug-likeness (QED) is 0.573. The molecule has 2 atom stereocenters. The molecule has 2 aromatic heterocycles. The van der Waals surface area contributed by atoms with Gasteiger partial charge in [0.15, 0.2) is 5.60 Å². The Morgan fingerprint density at radius 3 is 2.32 bits per heavy atom. The number of rotatable bonds is 5. The molecular weight excluding hydrogens is 424 g/mol. The van der Waals surface area contributed by atoms with E-state index in [-0.39, 0.29) is 5.41 Å². The zero-order valence-electron chi connectivity index (χ0n) is 20.4. The number of aliphatic hydroxyl groups is 2. The van der Waals surface area contributed by atoms with Crippen LogP contribution in [0.3, 0.4) is 0 Å². The molecule has 2 N–H and O–H groups in total. The van der Waals surface area contributed by atoms with Crippen molar-refractivity contribution in [3.63, 3.8) is 0 Å². The Morgan fingerprint density at radius 1 is 1.03 bits per heavy atom. The molecule has 6 heteroatoms. The van der Waals surface area contributed by atoms with Crippen LogP contribution in [0.4, 0.5) is 0 Å². The Bertz CT molecular complexity index is 1210. The number of pyridine rings is 1. The maximum atomic E-state index is 12.3. The van der Waals surface area contributed by atoms with Gasteiger partial charge in [-0.25, -0.2) is 9.97 Å². The minimum absolute atomic E-state index is 0.388. The zero-order valence-corrected chi connectivity index (χ0v) is 20.4. The fourth-order valence-corrected chi connectivity index (χ4v) is 4.89. The highest BCUT2D eigenvalue weighted by molar-refractivity contribution is 5.45. The van der Waals surface area contributed by atoms with Crippen molar-refractivity contribution < 1.29 is 10.2 Å². The molecule has 1 aliphatic rings. The van der Waals surface area contributed by atoms with Crippen molar-refractivity contribution in [3.05, 3.63) is 89.3 Å². The van der Waals surface area contributed by atoms with Gasteiger partial charge in [-0.2, -0.15) is 0 Å². The van der Waals surface area contributed by atoms with Crippen molar-refractivity contribution in [2.75, 3.05) is 20.1 Å². The lowest BCUT2D eigenvalue weighted by atomic mass is 9.62. The molecule has 1 fully saturated rings. The number of benzene rings is 1. The van der Waals surface area contributed by atoms with Gasteiger partial charge in [-0.1, -0.05) is 56.9 Å². The Hall–Kier alpha value is -3.11. The highest BCUT2D eigenvalue weighted by atomic mass is 16.3. The summed E-state index contributed by atoms with van der Waals surface area (Å²) in [5.74, 6) is 6.32. The van der Waals surface area contributed by atoms with E-state index in [1.165, 1.54) is 11.9 Å². The molecule has 6 nitrogen and oxygen atoms in total. The maximum absolute atomic E-state index is 12.3. The summed E-state index contributed by atoms with van der Waals surface area (Å²) in [6, 6.07) is 11.7. The highest BCUT2D eigenvalue weighted by Crippen LogP contribution is 2.50. The van der Waals surface area contributed by atoms with E-state index in [0.717, 1.165) is 18.7 Å². The predicted octanol–water partition coefficient (Wildman–Crippen LogP) is 3.44. The van der Waals surface area contributed by atoms with E-state index in [2.05, 4.69) is 71.6 Å². The van der Waals surface area contributed by atoms with Crippen molar-refractivity contribution in [2.24, 2.45) is 5.41 Å². The van der Waals surface area contributed by atoms with Crippen LogP contribution < -0.4 is 0 Å². The molecule has 1 aliphatic heterocycles. The highest BCUT2D eigenvalue weighted by Gasteiger charge is 2.55. The molecule has 34 heavy (non-hydrogen) atoms. The monoisotopic (exact) mass is 456 g/mol. The summed E-state index contributed by atoms with van der Waals surface area (Å²) < 4.78 is 0. The summed E-state index contributed by atoms with van der Waals surface area (Å²) in [5.41, 5.74) is 0.722. The first kappa shape index (κ1) is 24.0. The Kier molecular flexibility index (Phi) is 6.30. The summed E-state index contributed by atoms with van der Waals surface area (Å²) in [7, 11) is 2.05. The van der Waals surface area contributed by atoms with Crippen LogP contribution in [0.15, 0.2) is 61.3 Å². The Labute approximate surface area is 201 Å². The molecule has 0 amide bonds. The molecule has 0 radical (unpaired) electrons. The summed E-state index contributed by atoms with van der Waals surface area (Å²) in [4.78, 5) is 14.6. The van der Waals surface area contributed by atoms with Crippen molar-refractivity contribution in [3.8, 4) is 11.8 Å². The van der Waals surface area contributed by atoms with E-state index in [4.69, 9.17) is 0 Å². The standard InChI is InChI=1S/C28H32N4O2/c1-20(2)22-6-8-23(9-7-22)28(34,26(3)17-32(5)18-26)24-14-21(15-30-16-24)10-12-27(4,33)25-11-13-29-19-31-25/h6-9,11,13-16,19-20,33-34H,17-18H2,1-5H3/t27-,28-/m0/s1. The van der Waals surface area contributed by atoms with Crippen LogP contribution in [-0.4, -0.2) is 50.2 Å². The third-order valence-electron chi connectivity index (χ3n) is 6.79. The zero-order chi connectivity index (χ0) is 24.6. The minimum Gasteiger partial charge on any atom is -0.380 e. The molecule has 1 aromatic carbocycles. The first-order valence-corrected chi connectivity index (χ1v) is 11.5. The van der Waals surface area contributed by atoms with Crippen molar-refractivity contribution in [1.29, 1.82) is 0 Å². The average Bonchev–Trinajstić information content (AvgIpc) is 2.82. The molecule has 4 rings (SSSR count). The fourth-order valence-electron chi connectivity index (χ4n) is 4.89. The summed E-state index contributed by atoms with van der Waals surface area (Å²) in [5, 5.41) is 23.1. The first-order chi connectivity index (χ1) is 16.0. The molecule has 3 aromatic rings. The number of hydrogen-bond donors (Lipinski definition) is 2. The van der Waals surface area contributed by atoms with Gasteiger partial charge in [0.2, 0.25) is 0 Å². The summed E-state index contributed by atoms with van der Waals surface area (Å²) in [6.07, 6.45) is 6.31. The molecule has 0 aliphatic carbocycles. The predicted molar refractivity (Wildman–Crippen MR) is 132 cm³/mol. The smallest absolute Gasteiger partial charge is 0.165 e. The molecule has 3 heterocycles. The normalized spacial score (nSPS) is 18.8. The summed E-state index contributed by atoms with van der Waals surface area (Å²) >= 11 is 0. The van der Waals surface area contributed by atoms with E-state index in [1.54, 1.807) is 31.6 Å². The molecule has 0 bridgehead atoms. The third-order valence-corrected chi connectivity index (χ3v) is 6.79. The van der Waals surface area contributed by atoms with Crippen LogP contribution in [0, 0.1) is 17.3 Å². The van der Waals surface area contributed by atoms with Crippen LogP contribution >= 0.6 is 0 Å². The van der Waals surface area contributed by atoms with Crippen molar-refractivity contribution in [2.45, 2.75) is 44.8 Å². The average molecular weight is 457 g/mol. The van der Waals surface area contributed by atoms with Gasteiger partial charge in [0.05, 0.1) is 5.69 Å². The van der Waals surface area contributed by atoms with Crippen molar-refractivity contribution in [1.82, 2.24) is 19.9 Å². The second kappa shape index (κ2) is 8.92. The third kappa shape index (κ3) is 4.35. The van der Waals surface area contributed by atoms with Gasteiger partial charge in [0.25, 0.3) is 0 Å². The second-order valence-electron chi connectivity index (χ2n) is 10.1. The van der Waals surface area contributed by atoms with Crippen LogP contribution in [0.2, 0.25) is 0 Å². The lowest BCUT2D eigenvalue weighted by molar-refractivity contribution is -0.127. The van der Waals surface area contributed by atoms with Crippen LogP contribution in [0.5, 0.6) is 0 Å². The Morgan fingerprint density at radius 2 is 1.74 bits per heavy atom. The van der Waals surface area contributed by atoms with Crippen LogP contribution in [-0.2, 0) is 11.2 Å². The molecule has 176 valence electrons. The van der Waals surface area contributed by atoms with Gasteiger partial charge >= 0.3 is 0 Å². The van der Waals surface area contributed by atoms with Gasteiger partial charge < -0.3 is 15.1 Å². The van der Waals surface area contributed by atoms with Crippen LogP contribution in [0.25, 0.3) is 0 Å². The topological polar surface area (TPSA) is 82.4 Å². The fraction of sp³-hybridized carbons (Fsp3) is 0.393. The number of hydrogen-bond acceptors (Lipinski definition) is 6. The Balaban J connectivity index is 1.75. The molecule has 0 spiro atoms. The lowest BCUT2D eigenvalue weighted by Crippen LogP contribution is -2.63. The van der Waals surface area contributed by atoms with Crippen LogP contribution in [0.1, 0.15) is 61.6 Å².